The Morgan fingerprint density at radius 2 is 1.73 bits per heavy atom. The second-order valence-corrected chi connectivity index (χ2v) is 6.14. The molecule has 0 fully saturated rings. The Bertz CT molecular complexity index is 1220. The second kappa shape index (κ2) is 6.57. The van der Waals surface area contributed by atoms with Crippen LogP contribution in [-0.2, 0) is 6.54 Å². The number of nitrogens with one attached hydrogen (secondary N) is 1. The lowest BCUT2D eigenvalue weighted by Crippen LogP contribution is -2.31. The van der Waals surface area contributed by atoms with Crippen molar-refractivity contribution in [2.75, 3.05) is 0 Å². The summed E-state index contributed by atoms with van der Waals surface area (Å²) in [7, 11) is 0. The number of H-pyrrole nitrogens is 1. The minimum Gasteiger partial charge on any atom is -0.272 e. The summed E-state index contributed by atoms with van der Waals surface area (Å²) in [6.07, 6.45) is 1.53. The first-order valence-corrected chi connectivity index (χ1v) is 8.30. The van der Waals surface area contributed by atoms with Crippen LogP contribution in [0.15, 0.2) is 70.4 Å². The van der Waals surface area contributed by atoms with E-state index in [2.05, 4.69) is 15.0 Å². The molecule has 0 radical (unpaired) electrons. The van der Waals surface area contributed by atoms with E-state index in [-0.39, 0.29) is 17.7 Å². The van der Waals surface area contributed by atoms with Crippen molar-refractivity contribution in [3.05, 3.63) is 92.2 Å². The van der Waals surface area contributed by atoms with Gasteiger partial charge >= 0.3 is 5.69 Å². The molecule has 0 aliphatic carbocycles. The van der Waals surface area contributed by atoms with Crippen LogP contribution in [0.25, 0.3) is 22.4 Å². The van der Waals surface area contributed by atoms with E-state index in [1.807, 2.05) is 48.5 Å². The first-order chi connectivity index (χ1) is 12.6. The van der Waals surface area contributed by atoms with Gasteiger partial charge in [0.05, 0.1) is 18.4 Å². The summed E-state index contributed by atoms with van der Waals surface area (Å²) in [5.41, 5.74) is 1.39. The number of hydrogen-bond acceptors (Lipinski definition) is 4. The van der Waals surface area contributed by atoms with Crippen molar-refractivity contribution in [1.82, 2.24) is 19.5 Å². The number of aromatic amines is 1. The van der Waals surface area contributed by atoms with E-state index in [1.165, 1.54) is 10.8 Å². The smallest absolute Gasteiger partial charge is 0.272 e. The number of fused-ring (bicyclic) bond motifs is 1. The fraction of sp³-hybridized carbons (Fsp3) is 0.0526. The molecule has 128 valence electrons. The quantitative estimate of drug-likeness (QED) is 0.606. The molecule has 2 aromatic carbocycles. The minimum absolute atomic E-state index is 0.108. The Morgan fingerprint density at radius 1 is 1.00 bits per heavy atom. The van der Waals surface area contributed by atoms with Crippen molar-refractivity contribution in [2.24, 2.45) is 0 Å². The molecule has 7 heteroatoms. The van der Waals surface area contributed by atoms with Crippen LogP contribution in [0, 0.1) is 0 Å². The zero-order valence-electron chi connectivity index (χ0n) is 13.5. The molecule has 1 N–H and O–H groups in total. The molecule has 0 aliphatic heterocycles. The normalized spacial score (nSPS) is 11.0. The molecule has 0 aliphatic rings. The Kier molecular flexibility index (Phi) is 4.10. The Hall–Kier alpha value is -3.25. The standard InChI is InChI=1S/C19H13ClN4O2/c20-14-9-5-4-8-13(14)11-24-17-16(18(25)23-19(24)26)21-10-15(22-17)12-6-2-1-3-7-12/h1-10H,11H2,(H,23,25,26). The Morgan fingerprint density at radius 3 is 2.50 bits per heavy atom. The lowest BCUT2D eigenvalue weighted by molar-refractivity contribution is 0.744. The highest BCUT2D eigenvalue weighted by Crippen LogP contribution is 2.19. The second-order valence-electron chi connectivity index (χ2n) is 5.73. The van der Waals surface area contributed by atoms with Crippen LogP contribution in [0.1, 0.15) is 5.56 Å². The van der Waals surface area contributed by atoms with Gasteiger partial charge in [0.25, 0.3) is 5.56 Å². The van der Waals surface area contributed by atoms with Crippen LogP contribution in [0.2, 0.25) is 5.02 Å². The maximum Gasteiger partial charge on any atom is 0.330 e. The molecule has 0 spiro atoms. The van der Waals surface area contributed by atoms with Gasteiger partial charge in [-0.25, -0.2) is 14.8 Å². The van der Waals surface area contributed by atoms with Gasteiger partial charge < -0.3 is 0 Å². The van der Waals surface area contributed by atoms with Crippen molar-refractivity contribution in [1.29, 1.82) is 0 Å². The monoisotopic (exact) mass is 364 g/mol. The van der Waals surface area contributed by atoms with Gasteiger partial charge in [-0.15, -0.1) is 0 Å². The zero-order chi connectivity index (χ0) is 18.1. The van der Waals surface area contributed by atoms with Gasteiger partial charge in [-0.05, 0) is 11.6 Å². The zero-order valence-corrected chi connectivity index (χ0v) is 14.3. The van der Waals surface area contributed by atoms with Gasteiger partial charge in [0, 0.05) is 10.6 Å². The molecule has 0 atom stereocenters. The van der Waals surface area contributed by atoms with E-state index in [0.717, 1.165) is 11.1 Å². The summed E-state index contributed by atoms with van der Waals surface area (Å²) in [5, 5.41) is 0.533. The van der Waals surface area contributed by atoms with Crippen LogP contribution < -0.4 is 11.2 Å². The van der Waals surface area contributed by atoms with Crippen LogP contribution in [-0.4, -0.2) is 19.5 Å². The first-order valence-electron chi connectivity index (χ1n) is 7.92. The van der Waals surface area contributed by atoms with Crippen molar-refractivity contribution >= 4 is 22.8 Å². The van der Waals surface area contributed by atoms with Gasteiger partial charge in [0.1, 0.15) is 0 Å². The predicted molar refractivity (Wildman–Crippen MR) is 100 cm³/mol. The van der Waals surface area contributed by atoms with E-state index in [4.69, 9.17) is 11.6 Å². The van der Waals surface area contributed by atoms with E-state index in [0.29, 0.717) is 10.7 Å². The van der Waals surface area contributed by atoms with E-state index >= 15 is 0 Å². The van der Waals surface area contributed by atoms with Gasteiger partial charge in [-0.3, -0.25) is 14.3 Å². The number of halogens is 1. The van der Waals surface area contributed by atoms with E-state index in [1.54, 1.807) is 6.07 Å². The molecule has 0 bridgehead atoms. The molecule has 0 unspecified atom stereocenters. The number of nitrogens with zero attached hydrogens (tertiary/aromatic N) is 3. The van der Waals surface area contributed by atoms with Gasteiger partial charge in [-0.1, -0.05) is 60.1 Å². The maximum atomic E-state index is 12.4. The molecule has 2 heterocycles. The molecule has 4 rings (SSSR count). The largest absolute Gasteiger partial charge is 0.330 e. The van der Waals surface area contributed by atoms with Crippen LogP contribution in [0.5, 0.6) is 0 Å². The number of hydrogen-bond donors (Lipinski definition) is 1. The van der Waals surface area contributed by atoms with Crippen molar-refractivity contribution in [2.45, 2.75) is 6.54 Å². The van der Waals surface area contributed by atoms with E-state index < -0.39 is 11.2 Å². The summed E-state index contributed by atoms with van der Waals surface area (Å²) >= 11 is 6.21. The SMILES string of the molecule is O=c1[nH]c(=O)n(Cc2ccccc2Cl)c2nc(-c3ccccc3)cnc12. The van der Waals surface area contributed by atoms with Crippen LogP contribution in [0.4, 0.5) is 0 Å². The van der Waals surface area contributed by atoms with Crippen LogP contribution in [0.3, 0.4) is 0 Å². The summed E-state index contributed by atoms with van der Waals surface area (Å²) in [4.78, 5) is 35.6. The molecular weight excluding hydrogens is 352 g/mol. The highest BCUT2D eigenvalue weighted by molar-refractivity contribution is 6.31. The molecule has 0 saturated heterocycles. The third-order valence-corrected chi connectivity index (χ3v) is 4.42. The first kappa shape index (κ1) is 16.2. The van der Waals surface area contributed by atoms with Crippen LogP contribution >= 0.6 is 11.6 Å². The molecule has 2 aromatic heterocycles. The van der Waals surface area contributed by atoms with Crippen molar-refractivity contribution in [3.8, 4) is 11.3 Å². The Labute approximate surface area is 152 Å². The van der Waals surface area contributed by atoms with Gasteiger partial charge in [0.2, 0.25) is 0 Å². The summed E-state index contributed by atoms with van der Waals surface area (Å²) < 4.78 is 1.37. The molecular formula is C19H13ClN4O2. The van der Waals surface area contributed by atoms with Gasteiger partial charge in [0.15, 0.2) is 11.2 Å². The fourth-order valence-electron chi connectivity index (χ4n) is 2.74. The molecule has 6 nitrogen and oxygen atoms in total. The molecule has 0 saturated carbocycles. The highest BCUT2D eigenvalue weighted by Gasteiger charge is 2.13. The molecule has 0 amide bonds. The highest BCUT2D eigenvalue weighted by atomic mass is 35.5. The lowest BCUT2D eigenvalue weighted by Gasteiger charge is -2.10. The number of aromatic nitrogens is 4. The average molecular weight is 365 g/mol. The molecule has 26 heavy (non-hydrogen) atoms. The lowest BCUT2D eigenvalue weighted by atomic mass is 10.2. The van der Waals surface area contributed by atoms with Gasteiger partial charge in [-0.2, -0.15) is 0 Å². The third-order valence-electron chi connectivity index (χ3n) is 4.05. The summed E-state index contributed by atoms with van der Waals surface area (Å²) in [6, 6.07) is 16.7. The van der Waals surface area contributed by atoms with Crippen molar-refractivity contribution in [3.63, 3.8) is 0 Å². The number of rotatable bonds is 3. The number of benzene rings is 2. The third kappa shape index (κ3) is 2.91. The molecule has 4 aromatic rings. The Balaban J connectivity index is 1.95. The summed E-state index contributed by atoms with van der Waals surface area (Å²) in [5.74, 6) is 0. The van der Waals surface area contributed by atoms with Crippen molar-refractivity contribution < 1.29 is 0 Å². The fourth-order valence-corrected chi connectivity index (χ4v) is 2.93. The minimum atomic E-state index is -0.562. The topological polar surface area (TPSA) is 80.6 Å². The van der Waals surface area contributed by atoms with E-state index in [9.17, 15) is 9.59 Å². The average Bonchev–Trinajstić information content (AvgIpc) is 2.67. The predicted octanol–water partition coefficient (Wildman–Crippen LogP) is 2.85. The summed E-state index contributed by atoms with van der Waals surface area (Å²) in [6.45, 7) is 0.179. The maximum absolute atomic E-state index is 12.4.